The molecule has 0 fully saturated rings. The second kappa shape index (κ2) is 7.85. The molecule has 0 radical (unpaired) electrons. The predicted octanol–water partition coefficient (Wildman–Crippen LogP) is 1.18. The van der Waals surface area contributed by atoms with Gasteiger partial charge >= 0.3 is 5.69 Å². The third-order valence-corrected chi connectivity index (χ3v) is 4.89. The molecular formula is C20H24N4O4. The second-order valence-corrected chi connectivity index (χ2v) is 6.72. The van der Waals surface area contributed by atoms with Gasteiger partial charge in [-0.25, -0.2) is 4.79 Å². The van der Waals surface area contributed by atoms with E-state index in [0.29, 0.717) is 29.9 Å². The predicted molar refractivity (Wildman–Crippen MR) is 107 cm³/mol. The molecule has 3 rings (SSSR count). The van der Waals surface area contributed by atoms with Gasteiger partial charge in [-0.2, -0.15) is 0 Å². The molecule has 148 valence electrons. The van der Waals surface area contributed by atoms with Crippen molar-refractivity contribution < 1.29 is 9.53 Å². The molecule has 0 bridgehead atoms. The molecule has 8 nitrogen and oxygen atoms in total. The lowest BCUT2D eigenvalue weighted by Crippen LogP contribution is -2.37. The molecule has 0 spiro atoms. The number of nitrogens with zero attached hydrogens (tertiary/aromatic N) is 3. The first kappa shape index (κ1) is 19.6. The van der Waals surface area contributed by atoms with Crippen LogP contribution in [-0.2, 0) is 25.4 Å². The van der Waals surface area contributed by atoms with Crippen molar-refractivity contribution in [1.29, 1.82) is 0 Å². The Balaban J connectivity index is 2.10. The van der Waals surface area contributed by atoms with Crippen molar-refractivity contribution in [3.63, 3.8) is 0 Å². The van der Waals surface area contributed by atoms with E-state index in [0.717, 1.165) is 10.1 Å². The fourth-order valence-electron chi connectivity index (χ4n) is 3.33. The van der Waals surface area contributed by atoms with E-state index in [9.17, 15) is 14.4 Å². The van der Waals surface area contributed by atoms with Crippen molar-refractivity contribution >= 4 is 16.9 Å². The summed E-state index contributed by atoms with van der Waals surface area (Å²) in [5.74, 6) is -0.321. The summed E-state index contributed by atoms with van der Waals surface area (Å²) in [6, 6.07) is 10.9. The number of fused-ring (bicyclic) bond motifs is 1. The minimum atomic E-state index is -0.445. The van der Waals surface area contributed by atoms with E-state index in [1.165, 1.54) is 11.6 Å². The number of benzene rings is 1. The SMILES string of the molecule is COCCn1c(C(=O)N[C@@H](C)c2ccccc2)cc2c(=O)n(C)c(=O)n(C)c21. The zero-order chi connectivity index (χ0) is 20.4. The van der Waals surface area contributed by atoms with Crippen molar-refractivity contribution in [2.24, 2.45) is 14.1 Å². The lowest BCUT2D eigenvalue weighted by atomic mass is 10.1. The molecule has 0 aliphatic rings. The monoisotopic (exact) mass is 384 g/mol. The van der Waals surface area contributed by atoms with Crippen LogP contribution in [0.1, 0.15) is 29.0 Å². The lowest BCUT2D eigenvalue weighted by Gasteiger charge is -2.16. The number of carbonyl (C=O) groups excluding carboxylic acids is 1. The standard InChI is InChI=1S/C20H24N4O4/c1-13(14-8-6-5-7-9-14)21-17(25)16-12-15-18(24(16)10-11-28-4)22(2)20(27)23(3)19(15)26/h5-9,12-13H,10-11H2,1-4H3,(H,21,25)/t13-/m0/s1. The highest BCUT2D eigenvalue weighted by atomic mass is 16.5. The van der Waals surface area contributed by atoms with Gasteiger partial charge in [-0.05, 0) is 18.6 Å². The highest BCUT2D eigenvalue weighted by molar-refractivity contribution is 5.98. The number of ether oxygens (including phenoxy) is 1. The minimum Gasteiger partial charge on any atom is -0.383 e. The van der Waals surface area contributed by atoms with Crippen molar-refractivity contribution in [1.82, 2.24) is 19.0 Å². The molecule has 1 N–H and O–H groups in total. The maximum absolute atomic E-state index is 13.0. The number of amides is 1. The molecule has 0 saturated carbocycles. The van der Waals surface area contributed by atoms with Gasteiger partial charge in [-0.3, -0.25) is 18.7 Å². The van der Waals surface area contributed by atoms with E-state index in [4.69, 9.17) is 4.74 Å². The fraction of sp³-hybridized carbons (Fsp3) is 0.350. The maximum Gasteiger partial charge on any atom is 0.332 e. The molecular weight excluding hydrogens is 360 g/mol. The molecule has 2 aromatic heterocycles. The van der Waals surface area contributed by atoms with E-state index in [1.807, 2.05) is 37.3 Å². The zero-order valence-corrected chi connectivity index (χ0v) is 16.4. The summed E-state index contributed by atoms with van der Waals surface area (Å²) in [7, 11) is 4.57. The Kier molecular flexibility index (Phi) is 5.51. The van der Waals surface area contributed by atoms with Crippen LogP contribution in [0, 0.1) is 0 Å². The van der Waals surface area contributed by atoms with Crippen LogP contribution in [0.25, 0.3) is 11.0 Å². The Labute approximate surface area is 162 Å². The Hall–Kier alpha value is -3.13. The van der Waals surface area contributed by atoms with Gasteiger partial charge in [0.1, 0.15) is 11.3 Å². The summed E-state index contributed by atoms with van der Waals surface area (Å²) in [6.45, 7) is 2.56. The molecule has 1 aromatic carbocycles. The van der Waals surface area contributed by atoms with Crippen LogP contribution in [0.3, 0.4) is 0 Å². The molecule has 0 saturated heterocycles. The molecule has 1 atom stereocenters. The topological polar surface area (TPSA) is 87.3 Å². The van der Waals surface area contributed by atoms with Crippen LogP contribution < -0.4 is 16.6 Å². The van der Waals surface area contributed by atoms with Gasteiger partial charge in [0.15, 0.2) is 0 Å². The summed E-state index contributed by atoms with van der Waals surface area (Å²) in [4.78, 5) is 37.9. The fourth-order valence-corrected chi connectivity index (χ4v) is 3.33. The number of rotatable bonds is 6. The van der Waals surface area contributed by atoms with Crippen LogP contribution in [0.5, 0.6) is 0 Å². The van der Waals surface area contributed by atoms with E-state index in [1.54, 1.807) is 24.8 Å². The van der Waals surface area contributed by atoms with Crippen molar-refractivity contribution in [3.8, 4) is 0 Å². The summed E-state index contributed by atoms with van der Waals surface area (Å²) in [5.41, 5.74) is 0.813. The normalized spacial score (nSPS) is 12.3. The summed E-state index contributed by atoms with van der Waals surface area (Å²) < 4.78 is 9.23. The van der Waals surface area contributed by atoms with Crippen molar-refractivity contribution in [2.45, 2.75) is 19.5 Å². The molecule has 1 amide bonds. The molecule has 0 aliphatic heterocycles. The van der Waals surface area contributed by atoms with Gasteiger partial charge in [-0.1, -0.05) is 30.3 Å². The first-order valence-corrected chi connectivity index (χ1v) is 9.00. The smallest absolute Gasteiger partial charge is 0.332 e. The van der Waals surface area contributed by atoms with Gasteiger partial charge in [0.2, 0.25) is 0 Å². The third-order valence-electron chi connectivity index (χ3n) is 4.89. The second-order valence-electron chi connectivity index (χ2n) is 6.72. The van der Waals surface area contributed by atoms with Crippen molar-refractivity contribution in [3.05, 3.63) is 68.5 Å². The van der Waals surface area contributed by atoms with Crippen LogP contribution in [0.2, 0.25) is 0 Å². The van der Waals surface area contributed by atoms with Crippen molar-refractivity contribution in [2.75, 3.05) is 13.7 Å². The quantitative estimate of drug-likeness (QED) is 0.691. The van der Waals surface area contributed by atoms with Crippen LogP contribution in [0.15, 0.2) is 46.0 Å². The van der Waals surface area contributed by atoms with Crippen LogP contribution in [0.4, 0.5) is 0 Å². The Bertz CT molecular complexity index is 1130. The molecule has 8 heteroatoms. The first-order valence-electron chi connectivity index (χ1n) is 9.00. The summed E-state index contributed by atoms with van der Waals surface area (Å²) in [5, 5.41) is 3.28. The van der Waals surface area contributed by atoms with E-state index in [2.05, 4.69) is 5.32 Å². The largest absolute Gasteiger partial charge is 0.383 e. The molecule has 28 heavy (non-hydrogen) atoms. The number of aromatic nitrogens is 3. The molecule has 0 aliphatic carbocycles. The highest BCUT2D eigenvalue weighted by Crippen LogP contribution is 2.18. The highest BCUT2D eigenvalue weighted by Gasteiger charge is 2.22. The summed E-state index contributed by atoms with van der Waals surface area (Å²) >= 11 is 0. The van der Waals surface area contributed by atoms with Gasteiger partial charge in [-0.15, -0.1) is 0 Å². The Morgan fingerprint density at radius 3 is 2.46 bits per heavy atom. The number of methoxy groups -OCH3 is 1. The number of aryl methyl sites for hydroxylation is 1. The van der Waals surface area contributed by atoms with Gasteiger partial charge in [0.05, 0.1) is 18.0 Å². The van der Waals surface area contributed by atoms with E-state index >= 15 is 0 Å². The first-order chi connectivity index (χ1) is 13.4. The van der Waals surface area contributed by atoms with E-state index < -0.39 is 11.2 Å². The molecule has 2 heterocycles. The Morgan fingerprint density at radius 1 is 1.14 bits per heavy atom. The maximum atomic E-state index is 13.0. The van der Waals surface area contributed by atoms with Gasteiger partial charge < -0.3 is 14.6 Å². The van der Waals surface area contributed by atoms with Gasteiger partial charge in [0.25, 0.3) is 11.5 Å². The van der Waals surface area contributed by atoms with E-state index in [-0.39, 0.29) is 11.9 Å². The number of hydrogen-bond donors (Lipinski definition) is 1. The number of carbonyl (C=O) groups is 1. The average Bonchev–Trinajstić information content (AvgIpc) is 3.09. The Morgan fingerprint density at radius 2 is 1.82 bits per heavy atom. The third kappa shape index (κ3) is 3.38. The molecule has 0 unspecified atom stereocenters. The number of hydrogen-bond acceptors (Lipinski definition) is 4. The lowest BCUT2D eigenvalue weighted by molar-refractivity contribution is 0.0928. The minimum absolute atomic E-state index is 0.214. The van der Waals surface area contributed by atoms with Gasteiger partial charge in [0, 0.05) is 27.7 Å². The van der Waals surface area contributed by atoms with Crippen LogP contribution >= 0.6 is 0 Å². The van der Waals surface area contributed by atoms with Crippen LogP contribution in [-0.4, -0.2) is 33.3 Å². The average molecular weight is 384 g/mol. The number of nitrogens with one attached hydrogen (secondary N) is 1. The zero-order valence-electron chi connectivity index (χ0n) is 16.4. The molecule has 3 aromatic rings. The summed E-state index contributed by atoms with van der Waals surface area (Å²) in [6.07, 6.45) is 0.